The molecule has 5 nitrogen and oxygen atoms in total. The van der Waals surface area contributed by atoms with Gasteiger partial charge in [-0.1, -0.05) is 30.7 Å². The Hall–Kier alpha value is -1.88. The van der Waals surface area contributed by atoms with Crippen molar-refractivity contribution in [1.82, 2.24) is 19.7 Å². The summed E-state index contributed by atoms with van der Waals surface area (Å²) in [5, 5.41) is 9.31. The third-order valence-electron chi connectivity index (χ3n) is 6.15. The number of benzene rings is 1. The molecule has 0 spiro atoms. The van der Waals surface area contributed by atoms with Gasteiger partial charge < -0.3 is 4.90 Å². The molecule has 0 radical (unpaired) electrons. The lowest BCUT2D eigenvalue weighted by Crippen LogP contribution is -2.49. The van der Waals surface area contributed by atoms with Crippen molar-refractivity contribution in [2.24, 2.45) is 0 Å². The molecule has 1 aromatic heterocycles. The van der Waals surface area contributed by atoms with E-state index in [2.05, 4.69) is 69.6 Å². The van der Waals surface area contributed by atoms with Gasteiger partial charge in [0.2, 0.25) is 5.95 Å². The van der Waals surface area contributed by atoms with E-state index in [0.717, 1.165) is 38.7 Å². The SMILES string of the molecule is Cc1ccccc1Cn1c(C2CCC2)nnc1N1CCN(C(C)C)CC1. The fourth-order valence-corrected chi connectivity index (χ4v) is 4.06. The number of nitrogens with zero attached hydrogens (tertiary/aromatic N) is 5. The van der Waals surface area contributed by atoms with Crippen LogP contribution < -0.4 is 4.90 Å². The van der Waals surface area contributed by atoms with E-state index < -0.39 is 0 Å². The molecule has 1 saturated heterocycles. The second-order valence-corrected chi connectivity index (χ2v) is 8.12. The topological polar surface area (TPSA) is 37.2 Å². The first kappa shape index (κ1) is 17.5. The largest absolute Gasteiger partial charge is 0.338 e. The zero-order chi connectivity index (χ0) is 18.1. The Morgan fingerprint density at radius 3 is 2.38 bits per heavy atom. The Morgan fingerprint density at radius 1 is 1.04 bits per heavy atom. The molecular formula is C21H31N5. The maximum Gasteiger partial charge on any atom is 0.227 e. The number of aromatic nitrogens is 3. The number of hydrogen-bond donors (Lipinski definition) is 0. The second-order valence-electron chi connectivity index (χ2n) is 8.12. The van der Waals surface area contributed by atoms with E-state index in [1.54, 1.807) is 0 Å². The van der Waals surface area contributed by atoms with Gasteiger partial charge in [0.1, 0.15) is 5.82 Å². The van der Waals surface area contributed by atoms with E-state index in [-0.39, 0.29) is 0 Å². The van der Waals surface area contributed by atoms with Crippen molar-refractivity contribution in [1.29, 1.82) is 0 Å². The molecule has 5 heteroatoms. The second kappa shape index (κ2) is 7.39. The summed E-state index contributed by atoms with van der Waals surface area (Å²) < 4.78 is 2.40. The van der Waals surface area contributed by atoms with Crippen LogP contribution in [0.5, 0.6) is 0 Å². The van der Waals surface area contributed by atoms with Gasteiger partial charge in [0, 0.05) is 38.1 Å². The summed E-state index contributed by atoms with van der Waals surface area (Å²) in [5.41, 5.74) is 2.71. The van der Waals surface area contributed by atoms with Gasteiger partial charge >= 0.3 is 0 Å². The van der Waals surface area contributed by atoms with Crippen LogP contribution >= 0.6 is 0 Å². The van der Waals surface area contributed by atoms with Gasteiger partial charge in [-0.25, -0.2) is 0 Å². The minimum atomic E-state index is 0.595. The van der Waals surface area contributed by atoms with Crippen molar-refractivity contribution in [3.05, 3.63) is 41.2 Å². The van der Waals surface area contributed by atoms with E-state index in [1.807, 2.05) is 0 Å². The molecule has 1 aliphatic heterocycles. The Kier molecular flexibility index (Phi) is 4.98. The van der Waals surface area contributed by atoms with Crippen LogP contribution in [0.3, 0.4) is 0 Å². The lowest BCUT2D eigenvalue weighted by atomic mass is 9.85. The van der Waals surface area contributed by atoms with Gasteiger partial charge in [-0.05, 0) is 44.7 Å². The average Bonchev–Trinajstić information content (AvgIpc) is 2.99. The average molecular weight is 354 g/mol. The Morgan fingerprint density at radius 2 is 1.77 bits per heavy atom. The fraction of sp³-hybridized carbons (Fsp3) is 0.619. The van der Waals surface area contributed by atoms with Crippen LogP contribution in [-0.2, 0) is 6.54 Å². The Balaban J connectivity index is 1.61. The molecule has 4 rings (SSSR count). The first-order chi connectivity index (χ1) is 12.6. The first-order valence-corrected chi connectivity index (χ1v) is 10.1. The van der Waals surface area contributed by atoms with Gasteiger partial charge in [0.05, 0.1) is 6.54 Å². The van der Waals surface area contributed by atoms with Gasteiger partial charge in [0.25, 0.3) is 0 Å². The molecular weight excluding hydrogens is 322 g/mol. The molecule has 0 amide bonds. The highest BCUT2D eigenvalue weighted by atomic mass is 15.4. The molecule has 0 N–H and O–H groups in total. The lowest BCUT2D eigenvalue weighted by Gasteiger charge is -2.37. The molecule has 0 atom stereocenters. The third kappa shape index (κ3) is 3.37. The highest BCUT2D eigenvalue weighted by Crippen LogP contribution is 2.37. The smallest absolute Gasteiger partial charge is 0.227 e. The Bertz CT molecular complexity index is 739. The summed E-state index contributed by atoms with van der Waals surface area (Å²) in [4.78, 5) is 4.98. The summed E-state index contributed by atoms with van der Waals surface area (Å²) in [6, 6.07) is 9.30. The molecule has 140 valence electrons. The van der Waals surface area contributed by atoms with E-state index in [0.29, 0.717) is 12.0 Å². The van der Waals surface area contributed by atoms with Crippen molar-refractivity contribution in [2.75, 3.05) is 31.1 Å². The van der Waals surface area contributed by atoms with Gasteiger partial charge in [-0.2, -0.15) is 0 Å². The van der Waals surface area contributed by atoms with E-state index >= 15 is 0 Å². The zero-order valence-corrected chi connectivity index (χ0v) is 16.4. The van der Waals surface area contributed by atoms with Crippen molar-refractivity contribution >= 4 is 5.95 Å². The van der Waals surface area contributed by atoms with Gasteiger partial charge in [-0.3, -0.25) is 9.47 Å². The van der Waals surface area contributed by atoms with E-state index in [9.17, 15) is 0 Å². The van der Waals surface area contributed by atoms with Crippen molar-refractivity contribution < 1.29 is 0 Å². The van der Waals surface area contributed by atoms with Crippen LogP contribution in [0.2, 0.25) is 0 Å². The fourth-order valence-electron chi connectivity index (χ4n) is 4.06. The lowest BCUT2D eigenvalue weighted by molar-refractivity contribution is 0.208. The van der Waals surface area contributed by atoms with Crippen molar-refractivity contribution in [3.8, 4) is 0 Å². The first-order valence-electron chi connectivity index (χ1n) is 10.1. The highest BCUT2D eigenvalue weighted by molar-refractivity contribution is 5.36. The third-order valence-corrected chi connectivity index (χ3v) is 6.15. The highest BCUT2D eigenvalue weighted by Gasteiger charge is 2.29. The molecule has 1 saturated carbocycles. The molecule has 1 aliphatic carbocycles. The van der Waals surface area contributed by atoms with Crippen molar-refractivity contribution in [2.45, 2.75) is 58.5 Å². The van der Waals surface area contributed by atoms with Crippen LogP contribution in [0.15, 0.2) is 24.3 Å². The van der Waals surface area contributed by atoms with Crippen LogP contribution in [0.25, 0.3) is 0 Å². The number of rotatable bonds is 5. The molecule has 0 unspecified atom stereocenters. The molecule has 2 fully saturated rings. The van der Waals surface area contributed by atoms with Crippen LogP contribution in [0.1, 0.15) is 56.0 Å². The van der Waals surface area contributed by atoms with Crippen LogP contribution in [0.4, 0.5) is 5.95 Å². The number of hydrogen-bond acceptors (Lipinski definition) is 4. The maximum absolute atomic E-state index is 4.66. The molecule has 2 heterocycles. The standard InChI is InChI=1S/C21H31N5/c1-16(2)24-11-13-25(14-12-24)21-23-22-20(18-9-6-10-18)26(21)15-19-8-5-4-7-17(19)3/h4-5,7-8,16,18H,6,9-15H2,1-3H3. The summed E-state index contributed by atoms with van der Waals surface area (Å²) in [7, 11) is 0. The summed E-state index contributed by atoms with van der Waals surface area (Å²) in [5.74, 6) is 2.86. The predicted molar refractivity (Wildman–Crippen MR) is 106 cm³/mol. The van der Waals surface area contributed by atoms with Crippen LogP contribution in [-0.4, -0.2) is 51.9 Å². The monoisotopic (exact) mass is 353 g/mol. The normalized spacial score (nSPS) is 19.2. The van der Waals surface area contributed by atoms with Gasteiger partial charge in [-0.15, -0.1) is 10.2 Å². The number of anilines is 1. The molecule has 26 heavy (non-hydrogen) atoms. The molecule has 1 aromatic carbocycles. The van der Waals surface area contributed by atoms with E-state index in [1.165, 1.54) is 36.2 Å². The van der Waals surface area contributed by atoms with Crippen molar-refractivity contribution in [3.63, 3.8) is 0 Å². The zero-order valence-electron chi connectivity index (χ0n) is 16.4. The molecule has 2 aliphatic rings. The molecule has 0 bridgehead atoms. The summed E-state index contributed by atoms with van der Waals surface area (Å²) >= 11 is 0. The van der Waals surface area contributed by atoms with Crippen LogP contribution in [0, 0.1) is 6.92 Å². The van der Waals surface area contributed by atoms with Gasteiger partial charge in [0.15, 0.2) is 0 Å². The summed E-state index contributed by atoms with van der Waals surface area (Å²) in [6.07, 6.45) is 3.84. The maximum atomic E-state index is 4.66. The predicted octanol–water partition coefficient (Wildman–Crippen LogP) is 3.43. The summed E-state index contributed by atoms with van der Waals surface area (Å²) in [6.45, 7) is 11.9. The number of piperazine rings is 1. The van der Waals surface area contributed by atoms with E-state index in [4.69, 9.17) is 0 Å². The Labute approximate surface area is 157 Å². The quantitative estimate of drug-likeness (QED) is 0.825. The minimum absolute atomic E-state index is 0.595. The molecule has 2 aromatic rings. The minimum Gasteiger partial charge on any atom is -0.338 e. The number of aryl methyl sites for hydroxylation is 1.